The lowest BCUT2D eigenvalue weighted by Crippen LogP contribution is -2.12. The van der Waals surface area contributed by atoms with Crippen LogP contribution in [0.25, 0.3) is 11.0 Å². The van der Waals surface area contributed by atoms with E-state index in [0.29, 0.717) is 5.92 Å². The summed E-state index contributed by atoms with van der Waals surface area (Å²) in [6.07, 6.45) is 2.43. The van der Waals surface area contributed by atoms with Crippen molar-refractivity contribution >= 4 is 11.0 Å². The van der Waals surface area contributed by atoms with Gasteiger partial charge in [0.25, 0.3) is 0 Å². The third-order valence-electron chi connectivity index (χ3n) is 4.11. The van der Waals surface area contributed by atoms with E-state index in [1.54, 1.807) is 7.11 Å². The van der Waals surface area contributed by atoms with Crippen LogP contribution in [-0.4, -0.2) is 7.11 Å². The fourth-order valence-corrected chi connectivity index (χ4v) is 2.67. The number of benzene rings is 1. The van der Waals surface area contributed by atoms with E-state index in [1.165, 1.54) is 18.4 Å². The molecule has 0 aliphatic heterocycles. The lowest BCUT2D eigenvalue weighted by Gasteiger charge is -2.20. The quantitative estimate of drug-likeness (QED) is 0.914. The third-order valence-corrected chi connectivity index (χ3v) is 4.11. The molecule has 1 unspecified atom stereocenters. The number of nitrogens with two attached hydrogens (primary N) is 1. The van der Waals surface area contributed by atoms with Crippen LogP contribution in [0.3, 0.4) is 0 Å². The van der Waals surface area contributed by atoms with Crippen molar-refractivity contribution in [2.45, 2.75) is 45.1 Å². The monoisotopic (exact) mass is 273 g/mol. The molecule has 3 heteroatoms. The second-order valence-corrected chi connectivity index (χ2v) is 6.86. The second-order valence-electron chi connectivity index (χ2n) is 6.86. The van der Waals surface area contributed by atoms with Gasteiger partial charge in [-0.3, -0.25) is 0 Å². The minimum atomic E-state index is 0.00554. The maximum atomic E-state index is 6.27. The van der Waals surface area contributed by atoms with E-state index in [-0.39, 0.29) is 11.5 Å². The Labute approximate surface area is 120 Å². The average Bonchev–Trinajstić information content (AvgIpc) is 3.14. The fourth-order valence-electron chi connectivity index (χ4n) is 2.67. The molecular weight excluding hydrogens is 250 g/mol. The van der Waals surface area contributed by atoms with Crippen LogP contribution in [-0.2, 0) is 5.41 Å². The van der Waals surface area contributed by atoms with Crippen molar-refractivity contribution < 1.29 is 9.15 Å². The molecule has 3 rings (SSSR count). The highest BCUT2D eigenvalue weighted by Gasteiger charge is 2.32. The zero-order chi connectivity index (χ0) is 14.5. The predicted octanol–water partition coefficient (Wildman–Crippen LogP) is 4.15. The van der Waals surface area contributed by atoms with Crippen molar-refractivity contribution in [1.82, 2.24) is 0 Å². The van der Waals surface area contributed by atoms with E-state index in [4.69, 9.17) is 14.9 Å². The first-order chi connectivity index (χ1) is 9.40. The molecule has 1 fully saturated rings. The van der Waals surface area contributed by atoms with Crippen LogP contribution in [0.1, 0.15) is 51.0 Å². The highest BCUT2D eigenvalue weighted by Crippen LogP contribution is 2.42. The Balaban J connectivity index is 2.15. The molecule has 108 valence electrons. The molecule has 0 spiro atoms. The van der Waals surface area contributed by atoms with Crippen LogP contribution >= 0.6 is 0 Å². The summed E-state index contributed by atoms with van der Waals surface area (Å²) in [4.78, 5) is 0. The maximum absolute atomic E-state index is 6.27. The second kappa shape index (κ2) is 4.52. The highest BCUT2D eigenvalue weighted by molar-refractivity contribution is 5.84. The van der Waals surface area contributed by atoms with Crippen LogP contribution in [0.15, 0.2) is 22.6 Å². The molecule has 2 aromatic rings. The summed E-state index contributed by atoms with van der Waals surface area (Å²) in [6, 6.07) is 6.20. The van der Waals surface area contributed by atoms with Crippen molar-refractivity contribution in [1.29, 1.82) is 0 Å². The summed E-state index contributed by atoms with van der Waals surface area (Å²) >= 11 is 0. The summed E-state index contributed by atoms with van der Waals surface area (Å²) in [6.45, 7) is 6.55. The summed E-state index contributed by atoms with van der Waals surface area (Å²) in [7, 11) is 1.70. The van der Waals surface area contributed by atoms with Gasteiger partial charge in [0.2, 0.25) is 0 Å². The highest BCUT2D eigenvalue weighted by atomic mass is 16.5. The molecule has 1 atom stereocenters. The Kier molecular flexibility index (Phi) is 3.05. The van der Waals surface area contributed by atoms with Crippen LogP contribution < -0.4 is 10.5 Å². The Morgan fingerprint density at radius 2 is 1.95 bits per heavy atom. The zero-order valence-corrected chi connectivity index (χ0v) is 12.7. The normalized spacial score (nSPS) is 17.4. The Morgan fingerprint density at radius 3 is 2.50 bits per heavy atom. The first-order valence-corrected chi connectivity index (χ1v) is 7.27. The summed E-state index contributed by atoms with van der Waals surface area (Å²) < 4.78 is 11.5. The molecule has 1 saturated carbocycles. The molecule has 1 aliphatic rings. The van der Waals surface area contributed by atoms with E-state index >= 15 is 0 Å². The van der Waals surface area contributed by atoms with Gasteiger partial charge in [0.1, 0.15) is 17.1 Å². The number of hydrogen-bond donors (Lipinski definition) is 1. The molecular formula is C17H23NO2. The van der Waals surface area contributed by atoms with Gasteiger partial charge >= 0.3 is 0 Å². The van der Waals surface area contributed by atoms with Crippen molar-refractivity contribution in [2.24, 2.45) is 11.7 Å². The number of hydrogen-bond acceptors (Lipinski definition) is 3. The zero-order valence-electron chi connectivity index (χ0n) is 12.7. The molecule has 2 N–H and O–H groups in total. The lowest BCUT2D eigenvalue weighted by molar-refractivity contribution is 0.412. The molecule has 0 amide bonds. The molecule has 1 aromatic heterocycles. The van der Waals surface area contributed by atoms with E-state index in [0.717, 1.165) is 22.5 Å². The number of rotatable bonds is 3. The molecule has 1 aliphatic carbocycles. The molecule has 1 aromatic carbocycles. The average molecular weight is 273 g/mol. The van der Waals surface area contributed by atoms with E-state index in [2.05, 4.69) is 32.9 Å². The van der Waals surface area contributed by atoms with Gasteiger partial charge in [-0.15, -0.1) is 0 Å². The number of furan rings is 1. The van der Waals surface area contributed by atoms with Gasteiger partial charge in [0, 0.05) is 10.9 Å². The minimum Gasteiger partial charge on any atom is -0.497 e. The van der Waals surface area contributed by atoms with E-state index in [9.17, 15) is 0 Å². The third kappa shape index (κ3) is 2.31. The largest absolute Gasteiger partial charge is 0.497 e. The van der Waals surface area contributed by atoms with Gasteiger partial charge in [-0.2, -0.15) is 0 Å². The number of ether oxygens (including phenoxy) is 1. The minimum absolute atomic E-state index is 0.00554. The summed E-state index contributed by atoms with van der Waals surface area (Å²) in [5.41, 5.74) is 8.39. The van der Waals surface area contributed by atoms with Gasteiger partial charge in [0.15, 0.2) is 0 Å². The number of methoxy groups -OCH3 is 1. The Bertz CT molecular complexity index is 632. The smallest absolute Gasteiger partial charge is 0.138 e. The van der Waals surface area contributed by atoms with Gasteiger partial charge in [-0.05, 0) is 42.4 Å². The molecule has 0 saturated heterocycles. The lowest BCUT2D eigenvalue weighted by atomic mass is 9.86. The van der Waals surface area contributed by atoms with Crippen molar-refractivity contribution in [3.63, 3.8) is 0 Å². The maximum Gasteiger partial charge on any atom is 0.138 e. The SMILES string of the molecule is COc1cc(C(C)(C)C)c2oc(C(N)C3CC3)cc2c1. The summed E-state index contributed by atoms with van der Waals surface area (Å²) in [5.74, 6) is 2.37. The molecule has 0 radical (unpaired) electrons. The van der Waals surface area contributed by atoms with Crippen LogP contribution in [0.4, 0.5) is 0 Å². The topological polar surface area (TPSA) is 48.4 Å². The number of fused-ring (bicyclic) bond motifs is 1. The van der Waals surface area contributed by atoms with E-state index in [1.807, 2.05) is 6.07 Å². The first kappa shape index (κ1) is 13.5. The van der Waals surface area contributed by atoms with Crippen molar-refractivity contribution in [3.05, 3.63) is 29.5 Å². The van der Waals surface area contributed by atoms with Gasteiger partial charge in [0.05, 0.1) is 13.2 Å². The van der Waals surface area contributed by atoms with Gasteiger partial charge in [-0.1, -0.05) is 20.8 Å². The molecule has 1 heterocycles. The molecule has 3 nitrogen and oxygen atoms in total. The first-order valence-electron chi connectivity index (χ1n) is 7.27. The van der Waals surface area contributed by atoms with Gasteiger partial charge in [-0.25, -0.2) is 0 Å². The Hall–Kier alpha value is -1.48. The summed E-state index contributed by atoms with van der Waals surface area (Å²) in [5, 5.41) is 1.08. The molecule has 20 heavy (non-hydrogen) atoms. The van der Waals surface area contributed by atoms with Gasteiger partial charge < -0.3 is 14.9 Å². The fraction of sp³-hybridized carbons (Fsp3) is 0.529. The molecule has 0 bridgehead atoms. The van der Waals surface area contributed by atoms with Crippen molar-refractivity contribution in [2.75, 3.05) is 7.11 Å². The van der Waals surface area contributed by atoms with Crippen LogP contribution in [0.5, 0.6) is 5.75 Å². The van der Waals surface area contributed by atoms with E-state index < -0.39 is 0 Å². The Morgan fingerprint density at radius 1 is 1.25 bits per heavy atom. The predicted molar refractivity (Wildman–Crippen MR) is 81.1 cm³/mol. The van der Waals surface area contributed by atoms with Crippen LogP contribution in [0.2, 0.25) is 0 Å². The standard InChI is InChI=1S/C17H23NO2/c1-17(2,3)13-9-12(19-4)7-11-8-14(20-16(11)13)15(18)10-5-6-10/h7-10,15H,5-6,18H2,1-4H3. The van der Waals surface area contributed by atoms with Crippen LogP contribution in [0, 0.1) is 5.92 Å². The van der Waals surface area contributed by atoms with Crippen molar-refractivity contribution in [3.8, 4) is 5.75 Å².